The lowest BCUT2D eigenvalue weighted by Crippen LogP contribution is -2.14. The maximum atomic E-state index is 12.2. The Balaban J connectivity index is 1.52. The predicted molar refractivity (Wildman–Crippen MR) is 92.9 cm³/mol. The minimum absolute atomic E-state index is 0.0233. The van der Waals surface area contributed by atoms with Crippen molar-refractivity contribution < 1.29 is 17.6 Å². The van der Waals surface area contributed by atoms with Crippen molar-refractivity contribution in [2.24, 2.45) is 7.05 Å². The molecule has 0 spiro atoms. The molecule has 0 unspecified atom stereocenters. The number of carbonyl (C=O) groups excluding carboxylic acids is 1. The number of rotatable bonds is 7. The average molecular weight is 375 g/mol. The first-order valence-corrected chi connectivity index (χ1v) is 9.50. The van der Waals surface area contributed by atoms with E-state index in [0.717, 1.165) is 0 Å². The molecule has 26 heavy (non-hydrogen) atoms. The summed E-state index contributed by atoms with van der Waals surface area (Å²) in [5, 5.41) is 14.1. The van der Waals surface area contributed by atoms with Gasteiger partial charge in [0.15, 0.2) is 9.84 Å². The van der Waals surface area contributed by atoms with Crippen LogP contribution in [0.4, 0.5) is 6.01 Å². The zero-order chi connectivity index (χ0) is 18.6. The van der Waals surface area contributed by atoms with Gasteiger partial charge in [-0.2, -0.15) is 5.10 Å². The summed E-state index contributed by atoms with van der Waals surface area (Å²) in [6.45, 7) is 0. The number of amides is 1. The first-order chi connectivity index (χ1) is 12.5. The summed E-state index contributed by atoms with van der Waals surface area (Å²) in [4.78, 5) is 12.2. The second kappa shape index (κ2) is 7.48. The number of anilines is 1. The molecule has 3 aromatic rings. The lowest BCUT2D eigenvalue weighted by atomic mass is 10.3. The van der Waals surface area contributed by atoms with Crippen molar-refractivity contribution in [1.29, 1.82) is 0 Å². The van der Waals surface area contributed by atoms with Crippen LogP contribution < -0.4 is 5.32 Å². The molecule has 0 radical (unpaired) electrons. The third-order valence-corrected chi connectivity index (χ3v) is 5.45. The Morgan fingerprint density at radius 1 is 1.19 bits per heavy atom. The molecule has 1 amide bonds. The topological polar surface area (TPSA) is 120 Å². The largest absolute Gasteiger partial charge is 0.401 e. The number of nitrogens with zero attached hydrogens (tertiary/aromatic N) is 4. The van der Waals surface area contributed by atoms with Crippen LogP contribution >= 0.6 is 0 Å². The Morgan fingerprint density at radius 3 is 2.65 bits per heavy atom. The van der Waals surface area contributed by atoms with E-state index < -0.39 is 15.7 Å². The molecule has 9 nitrogen and oxygen atoms in total. The van der Waals surface area contributed by atoms with Crippen LogP contribution in [0.25, 0.3) is 11.6 Å². The van der Waals surface area contributed by atoms with Crippen LogP contribution in [0.3, 0.4) is 0 Å². The molecule has 10 heteroatoms. The first-order valence-electron chi connectivity index (χ1n) is 7.85. The zero-order valence-electron chi connectivity index (χ0n) is 14.0. The quantitative estimate of drug-likeness (QED) is 0.667. The van der Waals surface area contributed by atoms with Gasteiger partial charge in [0.25, 0.3) is 5.89 Å². The molecular weight excluding hydrogens is 358 g/mol. The van der Waals surface area contributed by atoms with Crippen LogP contribution in [0.2, 0.25) is 0 Å². The van der Waals surface area contributed by atoms with Gasteiger partial charge in [0, 0.05) is 19.7 Å². The molecule has 2 heterocycles. The number of carbonyl (C=O) groups is 1. The van der Waals surface area contributed by atoms with Crippen molar-refractivity contribution in [3.05, 3.63) is 42.6 Å². The van der Waals surface area contributed by atoms with Crippen LogP contribution in [0.5, 0.6) is 0 Å². The van der Waals surface area contributed by atoms with Gasteiger partial charge in [-0.05, 0) is 24.6 Å². The molecule has 2 aromatic heterocycles. The Labute approximate surface area is 150 Å². The molecule has 1 N–H and O–H groups in total. The van der Waals surface area contributed by atoms with Gasteiger partial charge in [0.1, 0.15) is 5.69 Å². The maximum absolute atomic E-state index is 12.2. The van der Waals surface area contributed by atoms with Crippen LogP contribution in [-0.4, -0.2) is 40.1 Å². The molecule has 136 valence electrons. The van der Waals surface area contributed by atoms with Crippen molar-refractivity contribution in [3.8, 4) is 11.6 Å². The van der Waals surface area contributed by atoms with Gasteiger partial charge < -0.3 is 4.42 Å². The van der Waals surface area contributed by atoms with Gasteiger partial charge in [-0.1, -0.05) is 23.3 Å². The Hall–Kier alpha value is -3.01. The van der Waals surface area contributed by atoms with E-state index in [2.05, 4.69) is 20.6 Å². The highest BCUT2D eigenvalue weighted by molar-refractivity contribution is 7.91. The van der Waals surface area contributed by atoms with Gasteiger partial charge >= 0.3 is 6.01 Å². The van der Waals surface area contributed by atoms with Crippen molar-refractivity contribution in [2.45, 2.75) is 17.7 Å². The Kier molecular flexibility index (Phi) is 5.12. The Morgan fingerprint density at radius 2 is 1.96 bits per heavy atom. The van der Waals surface area contributed by atoms with Crippen molar-refractivity contribution in [3.63, 3.8) is 0 Å². The minimum atomic E-state index is -3.40. The highest BCUT2D eigenvalue weighted by atomic mass is 32.2. The SMILES string of the molecule is Cn1nccc1-c1nnc(NC(=O)CCCS(=O)(=O)c2ccccc2)o1. The van der Waals surface area contributed by atoms with E-state index >= 15 is 0 Å². The molecule has 1 aromatic carbocycles. The highest BCUT2D eigenvalue weighted by Crippen LogP contribution is 2.18. The number of aromatic nitrogens is 4. The van der Waals surface area contributed by atoms with Crippen molar-refractivity contribution in [2.75, 3.05) is 11.1 Å². The third-order valence-electron chi connectivity index (χ3n) is 3.63. The molecule has 0 aliphatic carbocycles. The summed E-state index contributed by atoms with van der Waals surface area (Å²) < 4.78 is 31.2. The van der Waals surface area contributed by atoms with Crippen molar-refractivity contribution >= 4 is 21.8 Å². The molecule has 0 aliphatic heterocycles. The second-order valence-electron chi connectivity index (χ2n) is 5.54. The maximum Gasteiger partial charge on any atom is 0.322 e. The van der Waals surface area contributed by atoms with Gasteiger partial charge in [-0.15, -0.1) is 5.10 Å². The van der Waals surface area contributed by atoms with Gasteiger partial charge in [-0.25, -0.2) is 8.42 Å². The normalized spacial score (nSPS) is 11.4. The van der Waals surface area contributed by atoms with Crippen molar-refractivity contribution in [1.82, 2.24) is 20.0 Å². The molecule has 3 rings (SSSR count). The highest BCUT2D eigenvalue weighted by Gasteiger charge is 2.16. The summed E-state index contributed by atoms with van der Waals surface area (Å²) in [5.74, 6) is -0.283. The third kappa shape index (κ3) is 4.14. The number of hydrogen-bond donors (Lipinski definition) is 1. The standard InChI is InChI=1S/C16H17N5O4S/c1-21-13(9-10-17-21)15-19-20-16(25-15)18-14(22)8-5-11-26(23,24)12-6-3-2-4-7-12/h2-4,6-7,9-10H,5,8,11H2,1H3,(H,18,20,22). The second-order valence-corrected chi connectivity index (χ2v) is 7.65. The lowest BCUT2D eigenvalue weighted by Gasteiger charge is -2.04. The van der Waals surface area contributed by atoms with E-state index in [0.29, 0.717) is 5.69 Å². The van der Waals surface area contributed by atoms with E-state index in [-0.39, 0.29) is 35.4 Å². The summed E-state index contributed by atoms with van der Waals surface area (Å²) in [6.07, 6.45) is 1.80. The molecule has 0 saturated carbocycles. The summed E-state index contributed by atoms with van der Waals surface area (Å²) in [6, 6.07) is 9.80. The average Bonchev–Trinajstić information content (AvgIpc) is 3.24. The van der Waals surface area contributed by atoms with Crippen LogP contribution in [0.15, 0.2) is 51.9 Å². The fourth-order valence-corrected chi connectivity index (χ4v) is 3.64. The minimum Gasteiger partial charge on any atom is -0.401 e. The van der Waals surface area contributed by atoms with Gasteiger partial charge in [-0.3, -0.25) is 14.8 Å². The van der Waals surface area contributed by atoms with E-state index in [9.17, 15) is 13.2 Å². The summed E-state index contributed by atoms with van der Waals surface area (Å²) in [7, 11) is -1.67. The zero-order valence-corrected chi connectivity index (χ0v) is 14.8. The molecule has 0 aliphatic rings. The number of sulfone groups is 1. The van der Waals surface area contributed by atoms with E-state index in [1.807, 2.05) is 0 Å². The Bertz CT molecular complexity index is 995. The van der Waals surface area contributed by atoms with Crippen LogP contribution in [-0.2, 0) is 21.7 Å². The van der Waals surface area contributed by atoms with Gasteiger partial charge in [0.05, 0.1) is 10.6 Å². The molecule has 0 atom stereocenters. The number of benzene rings is 1. The number of hydrogen-bond acceptors (Lipinski definition) is 7. The number of aryl methyl sites for hydroxylation is 1. The number of nitrogens with one attached hydrogen (secondary N) is 1. The molecule has 0 bridgehead atoms. The monoisotopic (exact) mass is 375 g/mol. The predicted octanol–water partition coefficient (Wildman–Crippen LogP) is 1.66. The fourth-order valence-electron chi connectivity index (χ4n) is 2.31. The molecule has 0 fully saturated rings. The van der Waals surface area contributed by atoms with E-state index in [1.54, 1.807) is 42.2 Å². The van der Waals surface area contributed by atoms with Gasteiger partial charge in [0.2, 0.25) is 5.91 Å². The fraction of sp³-hybridized carbons (Fsp3) is 0.250. The van der Waals surface area contributed by atoms with Crippen LogP contribution in [0.1, 0.15) is 12.8 Å². The smallest absolute Gasteiger partial charge is 0.322 e. The summed E-state index contributed by atoms with van der Waals surface area (Å²) in [5.41, 5.74) is 0.618. The molecular formula is C16H17N5O4S. The van der Waals surface area contributed by atoms with E-state index in [1.165, 1.54) is 12.1 Å². The van der Waals surface area contributed by atoms with Crippen LogP contribution in [0, 0.1) is 0 Å². The van der Waals surface area contributed by atoms with E-state index in [4.69, 9.17) is 4.42 Å². The summed E-state index contributed by atoms with van der Waals surface area (Å²) >= 11 is 0. The first kappa shape index (κ1) is 17.8. The lowest BCUT2D eigenvalue weighted by molar-refractivity contribution is -0.116. The molecule has 0 saturated heterocycles.